The molecule has 3 nitrogen and oxygen atoms in total. The highest BCUT2D eigenvalue weighted by Gasteiger charge is 1.95. The number of aryl methyl sites for hydroxylation is 1. The Morgan fingerprint density at radius 3 is 2.47 bits per heavy atom. The fraction of sp³-hybridized carbons (Fsp3) is 0.214. The van der Waals surface area contributed by atoms with Crippen LogP contribution in [0.25, 0.3) is 0 Å². The Bertz CT molecular complexity index is 463. The third kappa shape index (κ3) is 3.21. The zero-order chi connectivity index (χ0) is 12.1. The maximum atomic E-state index is 5.11. The lowest BCUT2D eigenvalue weighted by atomic mass is 10.2. The molecule has 0 spiro atoms. The minimum atomic E-state index is 0.786. The van der Waals surface area contributed by atoms with Crippen molar-refractivity contribution in [1.82, 2.24) is 4.98 Å². The Morgan fingerprint density at radius 1 is 1.12 bits per heavy atom. The molecule has 0 saturated carbocycles. The molecule has 2 aromatic rings. The summed E-state index contributed by atoms with van der Waals surface area (Å²) in [6.45, 7) is 2.77. The van der Waals surface area contributed by atoms with Crippen LogP contribution in [0, 0.1) is 6.92 Å². The van der Waals surface area contributed by atoms with E-state index in [9.17, 15) is 0 Å². The van der Waals surface area contributed by atoms with Gasteiger partial charge in [0.25, 0.3) is 0 Å². The number of nitrogens with one attached hydrogen (secondary N) is 1. The molecule has 0 saturated heterocycles. The average molecular weight is 228 g/mol. The summed E-state index contributed by atoms with van der Waals surface area (Å²) in [5.41, 5.74) is 3.28. The van der Waals surface area contributed by atoms with E-state index >= 15 is 0 Å². The molecular formula is C14H16N2O. The summed E-state index contributed by atoms with van der Waals surface area (Å²) in [5.74, 6) is 0.880. The Morgan fingerprint density at radius 2 is 1.88 bits per heavy atom. The van der Waals surface area contributed by atoms with Crippen LogP contribution in [0.4, 0.5) is 5.69 Å². The zero-order valence-electron chi connectivity index (χ0n) is 10.1. The van der Waals surface area contributed by atoms with E-state index < -0.39 is 0 Å². The monoisotopic (exact) mass is 228 g/mol. The standard InChI is InChI=1S/C14H16N2O/c1-11-3-6-13(10-15-11)16-9-12-4-7-14(17-2)8-5-12/h3-8,10,16H,9H2,1-2H3. The number of hydrogen-bond donors (Lipinski definition) is 1. The van der Waals surface area contributed by atoms with Crippen molar-refractivity contribution in [2.75, 3.05) is 12.4 Å². The number of rotatable bonds is 4. The fourth-order valence-electron chi connectivity index (χ4n) is 1.52. The average Bonchev–Trinajstić information content (AvgIpc) is 2.39. The van der Waals surface area contributed by atoms with Crippen LogP contribution in [0.3, 0.4) is 0 Å². The van der Waals surface area contributed by atoms with E-state index in [1.165, 1.54) is 5.56 Å². The van der Waals surface area contributed by atoms with Gasteiger partial charge in [0.2, 0.25) is 0 Å². The Labute approximate surface area is 101 Å². The lowest BCUT2D eigenvalue weighted by Crippen LogP contribution is -1.99. The molecule has 1 aromatic carbocycles. The van der Waals surface area contributed by atoms with Gasteiger partial charge in [0.15, 0.2) is 0 Å². The van der Waals surface area contributed by atoms with Crippen LogP contribution >= 0.6 is 0 Å². The van der Waals surface area contributed by atoms with Crippen LogP contribution in [0.15, 0.2) is 42.6 Å². The quantitative estimate of drug-likeness (QED) is 0.873. The Kier molecular flexibility index (Phi) is 3.60. The molecule has 0 radical (unpaired) electrons. The highest BCUT2D eigenvalue weighted by Crippen LogP contribution is 2.13. The molecule has 1 heterocycles. The number of aromatic nitrogens is 1. The van der Waals surface area contributed by atoms with Gasteiger partial charge in [-0.2, -0.15) is 0 Å². The molecule has 0 bridgehead atoms. The lowest BCUT2D eigenvalue weighted by molar-refractivity contribution is 0.414. The third-order valence-electron chi connectivity index (χ3n) is 2.57. The molecule has 0 aliphatic rings. The van der Waals surface area contributed by atoms with E-state index in [-0.39, 0.29) is 0 Å². The van der Waals surface area contributed by atoms with Gasteiger partial charge >= 0.3 is 0 Å². The number of ether oxygens (including phenoxy) is 1. The number of anilines is 1. The van der Waals surface area contributed by atoms with Gasteiger partial charge < -0.3 is 10.1 Å². The molecule has 88 valence electrons. The maximum absolute atomic E-state index is 5.11. The van der Waals surface area contributed by atoms with E-state index in [0.717, 1.165) is 23.7 Å². The van der Waals surface area contributed by atoms with Crippen LogP contribution in [-0.4, -0.2) is 12.1 Å². The molecule has 0 amide bonds. The van der Waals surface area contributed by atoms with Gasteiger partial charge in [-0.1, -0.05) is 12.1 Å². The highest BCUT2D eigenvalue weighted by atomic mass is 16.5. The lowest BCUT2D eigenvalue weighted by Gasteiger charge is -2.07. The minimum Gasteiger partial charge on any atom is -0.497 e. The predicted octanol–water partition coefficient (Wildman–Crippen LogP) is 3.01. The van der Waals surface area contributed by atoms with Crippen molar-refractivity contribution in [3.05, 3.63) is 53.9 Å². The van der Waals surface area contributed by atoms with Crippen molar-refractivity contribution in [2.45, 2.75) is 13.5 Å². The molecule has 0 atom stereocenters. The van der Waals surface area contributed by atoms with E-state index in [0.29, 0.717) is 0 Å². The van der Waals surface area contributed by atoms with Gasteiger partial charge in [-0.25, -0.2) is 0 Å². The Balaban J connectivity index is 1.95. The van der Waals surface area contributed by atoms with Gasteiger partial charge in [0, 0.05) is 12.2 Å². The van der Waals surface area contributed by atoms with Crippen LogP contribution in [0.1, 0.15) is 11.3 Å². The predicted molar refractivity (Wildman–Crippen MR) is 69.3 cm³/mol. The Hall–Kier alpha value is -2.03. The summed E-state index contributed by atoms with van der Waals surface area (Å²) in [6, 6.07) is 12.1. The van der Waals surface area contributed by atoms with E-state index in [4.69, 9.17) is 4.74 Å². The van der Waals surface area contributed by atoms with Gasteiger partial charge in [0.05, 0.1) is 19.0 Å². The molecular weight excluding hydrogens is 212 g/mol. The van der Waals surface area contributed by atoms with Crippen LogP contribution < -0.4 is 10.1 Å². The van der Waals surface area contributed by atoms with Crippen LogP contribution in [-0.2, 0) is 6.54 Å². The first-order chi connectivity index (χ1) is 8.28. The summed E-state index contributed by atoms with van der Waals surface area (Å²) in [6.07, 6.45) is 1.85. The second-order valence-electron chi connectivity index (χ2n) is 3.89. The minimum absolute atomic E-state index is 0.786. The number of hydrogen-bond acceptors (Lipinski definition) is 3. The topological polar surface area (TPSA) is 34.1 Å². The molecule has 0 unspecified atom stereocenters. The van der Waals surface area contributed by atoms with Crippen molar-refractivity contribution in [3.63, 3.8) is 0 Å². The fourth-order valence-corrected chi connectivity index (χ4v) is 1.52. The smallest absolute Gasteiger partial charge is 0.118 e. The van der Waals surface area contributed by atoms with E-state index in [1.54, 1.807) is 7.11 Å². The molecule has 2 rings (SSSR count). The number of benzene rings is 1. The van der Waals surface area contributed by atoms with Crippen molar-refractivity contribution in [1.29, 1.82) is 0 Å². The third-order valence-corrected chi connectivity index (χ3v) is 2.57. The van der Waals surface area contributed by atoms with Crippen molar-refractivity contribution >= 4 is 5.69 Å². The van der Waals surface area contributed by atoms with Crippen molar-refractivity contribution < 1.29 is 4.74 Å². The van der Waals surface area contributed by atoms with E-state index in [2.05, 4.69) is 10.3 Å². The normalized spacial score (nSPS) is 10.0. The first-order valence-electron chi connectivity index (χ1n) is 5.57. The zero-order valence-corrected chi connectivity index (χ0v) is 10.1. The SMILES string of the molecule is COc1ccc(CNc2ccc(C)nc2)cc1. The second kappa shape index (κ2) is 5.34. The summed E-state index contributed by atoms with van der Waals surface area (Å²) >= 11 is 0. The molecule has 0 fully saturated rings. The summed E-state index contributed by atoms with van der Waals surface area (Å²) in [7, 11) is 1.67. The first-order valence-corrected chi connectivity index (χ1v) is 5.57. The van der Waals surface area contributed by atoms with Gasteiger partial charge in [0.1, 0.15) is 5.75 Å². The molecule has 3 heteroatoms. The number of nitrogens with zero attached hydrogens (tertiary/aromatic N) is 1. The van der Waals surface area contributed by atoms with Gasteiger partial charge in [-0.05, 0) is 36.8 Å². The van der Waals surface area contributed by atoms with Crippen molar-refractivity contribution in [2.24, 2.45) is 0 Å². The summed E-state index contributed by atoms with van der Waals surface area (Å²) < 4.78 is 5.11. The van der Waals surface area contributed by atoms with Gasteiger partial charge in [-0.15, -0.1) is 0 Å². The van der Waals surface area contributed by atoms with Crippen LogP contribution in [0.5, 0.6) is 5.75 Å². The second-order valence-corrected chi connectivity index (χ2v) is 3.89. The highest BCUT2D eigenvalue weighted by molar-refractivity contribution is 5.42. The molecule has 0 aliphatic carbocycles. The van der Waals surface area contributed by atoms with Gasteiger partial charge in [-0.3, -0.25) is 4.98 Å². The summed E-state index contributed by atoms with van der Waals surface area (Å²) in [4.78, 5) is 4.24. The molecule has 1 aromatic heterocycles. The largest absolute Gasteiger partial charge is 0.497 e. The van der Waals surface area contributed by atoms with Crippen LogP contribution in [0.2, 0.25) is 0 Å². The summed E-state index contributed by atoms with van der Waals surface area (Å²) in [5, 5.41) is 3.32. The van der Waals surface area contributed by atoms with Crippen molar-refractivity contribution in [3.8, 4) is 5.75 Å². The number of methoxy groups -OCH3 is 1. The molecule has 1 N–H and O–H groups in total. The molecule has 17 heavy (non-hydrogen) atoms. The number of pyridine rings is 1. The van der Waals surface area contributed by atoms with E-state index in [1.807, 2.05) is 49.5 Å². The first kappa shape index (κ1) is 11.5. The maximum Gasteiger partial charge on any atom is 0.118 e. The molecule has 0 aliphatic heterocycles.